The molecule has 3 heterocycles. The molecule has 1 unspecified atom stereocenters. The van der Waals surface area contributed by atoms with Crippen LogP contribution in [0.15, 0.2) is 29.8 Å². The van der Waals surface area contributed by atoms with Gasteiger partial charge >= 0.3 is 0 Å². The third-order valence-corrected chi connectivity index (χ3v) is 4.40. The highest BCUT2D eigenvalue weighted by Crippen LogP contribution is 2.21. The van der Waals surface area contributed by atoms with Gasteiger partial charge in [-0.3, -0.25) is 9.78 Å². The smallest absolute Gasteiger partial charge is 0.226 e. The number of rotatable bonds is 5. The molecule has 2 aromatic heterocycles. The number of nitrogens with zero attached hydrogens (tertiary/aromatic N) is 2. The van der Waals surface area contributed by atoms with Crippen LogP contribution in [0.2, 0.25) is 0 Å². The summed E-state index contributed by atoms with van der Waals surface area (Å²) in [6.07, 6.45) is 4.41. The number of hydrogen-bond acceptors (Lipinski definition) is 5. The molecule has 23 heavy (non-hydrogen) atoms. The second-order valence-electron chi connectivity index (χ2n) is 5.13. The highest BCUT2D eigenvalue weighted by atomic mass is 35.5. The van der Waals surface area contributed by atoms with E-state index < -0.39 is 0 Å². The van der Waals surface area contributed by atoms with Crippen LogP contribution < -0.4 is 10.6 Å². The topological polar surface area (TPSA) is 66.9 Å². The standard InChI is InChI=1S/C15H18N4OS.2ClH/c20-14(18-9-11-4-3-7-16-11)8-12-10-21-15(19-12)13-5-1-2-6-17-13;;/h1-2,5-6,10-11,16H,3-4,7-9H2,(H,18,20);2*1H. The maximum absolute atomic E-state index is 11.9. The Morgan fingerprint density at radius 3 is 2.96 bits per heavy atom. The summed E-state index contributed by atoms with van der Waals surface area (Å²) in [6, 6.07) is 6.16. The molecule has 1 fully saturated rings. The van der Waals surface area contributed by atoms with Crippen molar-refractivity contribution in [2.75, 3.05) is 13.1 Å². The van der Waals surface area contributed by atoms with Crippen molar-refractivity contribution in [3.05, 3.63) is 35.5 Å². The van der Waals surface area contributed by atoms with Crippen LogP contribution in [-0.2, 0) is 11.2 Å². The number of carbonyl (C=O) groups excluding carboxylic acids is 1. The van der Waals surface area contributed by atoms with Crippen molar-refractivity contribution < 1.29 is 4.79 Å². The Kier molecular flexibility index (Phi) is 8.47. The molecule has 0 spiro atoms. The molecule has 2 aromatic rings. The molecule has 0 radical (unpaired) electrons. The van der Waals surface area contributed by atoms with Gasteiger partial charge in [0.2, 0.25) is 5.91 Å². The Morgan fingerprint density at radius 2 is 2.26 bits per heavy atom. The second kappa shape index (κ2) is 9.82. The van der Waals surface area contributed by atoms with E-state index in [1.165, 1.54) is 17.8 Å². The van der Waals surface area contributed by atoms with Crippen molar-refractivity contribution in [1.29, 1.82) is 0 Å². The zero-order valence-electron chi connectivity index (χ0n) is 12.5. The van der Waals surface area contributed by atoms with E-state index in [2.05, 4.69) is 20.6 Å². The molecule has 1 saturated heterocycles. The van der Waals surface area contributed by atoms with Crippen molar-refractivity contribution in [3.63, 3.8) is 0 Å². The minimum Gasteiger partial charge on any atom is -0.354 e. The first-order valence-corrected chi connectivity index (χ1v) is 8.05. The molecule has 126 valence electrons. The summed E-state index contributed by atoms with van der Waals surface area (Å²) in [7, 11) is 0. The first-order chi connectivity index (χ1) is 10.3. The molecule has 1 amide bonds. The summed E-state index contributed by atoms with van der Waals surface area (Å²) in [5, 5.41) is 9.12. The van der Waals surface area contributed by atoms with Crippen molar-refractivity contribution in [1.82, 2.24) is 20.6 Å². The van der Waals surface area contributed by atoms with Crippen molar-refractivity contribution in [3.8, 4) is 10.7 Å². The minimum atomic E-state index is 0. The first-order valence-electron chi connectivity index (χ1n) is 7.17. The van der Waals surface area contributed by atoms with Crippen LogP contribution in [0, 0.1) is 0 Å². The van der Waals surface area contributed by atoms with Crippen molar-refractivity contribution in [2.24, 2.45) is 0 Å². The quantitative estimate of drug-likeness (QED) is 0.843. The Morgan fingerprint density at radius 1 is 1.39 bits per heavy atom. The molecule has 0 bridgehead atoms. The van der Waals surface area contributed by atoms with E-state index in [9.17, 15) is 4.79 Å². The summed E-state index contributed by atoms with van der Waals surface area (Å²) in [5.74, 6) is 0.0292. The molecular formula is C15H20Cl2N4OS. The molecule has 1 atom stereocenters. The molecule has 5 nitrogen and oxygen atoms in total. The first kappa shape index (κ1) is 19.8. The van der Waals surface area contributed by atoms with Gasteiger partial charge in [0.25, 0.3) is 0 Å². The molecular weight excluding hydrogens is 355 g/mol. The molecule has 0 saturated carbocycles. The largest absolute Gasteiger partial charge is 0.354 e. The van der Waals surface area contributed by atoms with Crippen LogP contribution in [0.4, 0.5) is 0 Å². The fraction of sp³-hybridized carbons (Fsp3) is 0.400. The van der Waals surface area contributed by atoms with Crippen LogP contribution in [0.25, 0.3) is 10.7 Å². The average Bonchev–Trinajstić information content (AvgIpc) is 3.17. The van der Waals surface area contributed by atoms with E-state index in [1.54, 1.807) is 6.20 Å². The number of thiazole rings is 1. The van der Waals surface area contributed by atoms with E-state index in [0.717, 1.165) is 29.4 Å². The lowest BCUT2D eigenvalue weighted by atomic mass is 10.2. The Balaban J connectivity index is 0.00000132. The monoisotopic (exact) mass is 374 g/mol. The van der Waals surface area contributed by atoms with Gasteiger partial charge in [0.1, 0.15) is 5.01 Å². The number of nitrogens with one attached hydrogen (secondary N) is 2. The number of amides is 1. The van der Waals surface area contributed by atoms with E-state index in [1.807, 2.05) is 23.6 Å². The number of carbonyl (C=O) groups is 1. The number of pyridine rings is 1. The van der Waals surface area contributed by atoms with Gasteiger partial charge in [-0.1, -0.05) is 6.07 Å². The number of aromatic nitrogens is 2. The molecule has 8 heteroatoms. The van der Waals surface area contributed by atoms with E-state index in [4.69, 9.17) is 0 Å². The lowest BCUT2D eigenvalue weighted by Gasteiger charge is -2.10. The summed E-state index contributed by atoms with van der Waals surface area (Å²) >= 11 is 1.52. The summed E-state index contributed by atoms with van der Waals surface area (Å²) in [5.41, 5.74) is 1.65. The van der Waals surface area contributed by atoms with Gasteiger partial charge in [-0.25, -0.2) is 4.98 Å². The van der Waals surface area contributed by atoms with Gasteiger partial charge in [-0.2, -0.15) is 0 Å². The summed E-state index contributed by atoms with van der Waals surface area (Å²) in [6.45, 7) is 1.76. The van der Waals surface area contributed by atoms with Gasteiger partial charge < -0.3 is 10.6 Å². The Labute approximate surface area is 152 Å². The van der Waals surface area contributed by atoms with Crippen molar-refractivity contribution >= 4 is 42.1 Å². The zero-order chi connectivity index (χ0) is 14.5. The number of halogens is 2. The van der Waals surface area contributed by atoms with Crippen molar-refractivity contribution in [2.45, 2.75) is 25.3 Å². The maximum atomic E-state index is 11.9. The summed E-state index contributed by atoms with van der Waals surface area (Å²) in [4.78, 5) is 20.7. The van der Waals surface area contributed by atoms with Crippen LogP contribution in [0.1, 0.15) is 18.5 Å². The minimum absolute atomic E-state index is 0. The molecule has 2 N–H and O–H groups in total. The van der Waals surface area contributed by atoms with Gasteiger partial charge in [0.15, 0.2) is 0 Å². The van der Waals surface area contributed by atoms with Crippen LogP contribution in [0.3, 0.4) is 0 Å². The second-order valence-corrected chi connectivity index (χ2v) is 5.99. The molecule has 1 aliphatic heterocycles. The predicted molar refractivity (Wildman–Crippen MR) is 97.6 cm³/mol. The van der Waals surface area contributed by atoms with Gasteiger partial charge in [0, 0.05) is 24.2 Å². The van der Waals surface area contributed by atoms with E-state index >= 15 is 0 Å². The van der Waals surface area contributed by atoms with Gasteiger partial charge in [-0.05, 0) is 31.5 Å². The molecule has 0 aliphatic carbocycles. The van der Waals surface area contributed by atoms with E-state index in [-0.39, 0.29) is 30.7 Å². The van der Waals surface area contributed by atoms with Crippen LogP contribution in [-0.4, -0.2) is 35.0 Å². The zero-order valence-corrected chi connectivity index (χ0v) is 15.0. The summed E-state index contributed by atoms with van der Waals surface area (Å²) < 4.78 is 0. The Bertz CT molecular complexity index is 603. The fourth-order valence-electron chi connectivity index (χ4n) is 2.39. The van der Waals surface area contributed by atoms with Crippen LogP contribution >= 0.6 is 36.2 Å². The van der Waals surface area contributed by atoms with Gasteiger partial charge in [-0.15, -0.1) is 36.2 Å². The highest BCUT2D eigenvalue weighted by Gasteiger charge is 2.15. The lowest BCUT2D eigenvalue weighted by Crippen LogP contribution is -2.37. The highest BCUT2D eigenvalue weighted by molar-refractivity contribution is 7.13. The van der Waals surface area contributed by atoms with Gasteiger partial charge in [0.05, 0.1) is 17.8 Å². The third kappa shape index (κ3) is 5.73. The number of hydrogen-bond donors (Lipinski definition) is 2. The van der Waals surface area contributed by atoms with E-state index in [0.29, 0.717) is 19.0 Å². The maximum Gasteiger partial charge on any atom is 0.226 e. The lowest BCUT2D eigenvalue weighted by molar-refractivity contribution is -0.120. The Hall–Kier alpha value is -1.21. The third-order valence-electron chi connectivity index (χ3n) is 3.49. The molecule has 1 aliphatic rings. The van der Waals surface area contributed by atoms with Crippen LogP contribution in [0.5, 0.6) is 0 Å². The predicted octanol–water partition coefficient (Wildman–Crippen LogP) is 2.46. The molecule has 3 rings (SSSR count). The molecule has 0 aromatic carbocycles. The average molecular weight is 375 g/mol. The normalized spacial score (nSPS) is 16.3. The fourth-order valence-corrected chi connectivity index (χ4v) is 3.19. The SMILES string of the molecule is Cl.Cl.O=C(Cc1csc(-c2ccccn2)n1)NCC1CCCN1.